The average molecular weight is 517 g/mol. The van der Waals surface area contributed by atoms with E-state index in [0.29, 0.717) is 23.7 Å². The summed E-state index contributed by atoms with van der Waals surface area (Å²) in [5, 5.41) is 12.6. The number of hydrogen-bond donors (Lipinski definition) is 2. The van der Waals surface area contributed by atoms with Gasteiger partial charge in [-0.1, -0.05) is 48.0 Å². The molecule has 2 N–H and O–H groups in total. The highest BCUT2D eigenvalue weighted by Gasteiger charge is 2.47. The summed E-state index contributed by atoms with van der Waals surface area (Å²) in [7, 11) is 1.55. The van der Waals surface area contributed by atoms with Crippen molar-refractivity contribution in [2.45, 2.75) is 19.5 Å². The van der Waals surface area contributed by atoms with E-state index in [1.54, 1.807) is 37.6 Å². The third-order valence-corrected chi connectivity index (χ3v) is 6.82. The summed E-state index contributed by atoms with van der Waals surface area (Å²) in [6.45, 7) is 2.36. The number of ketones is 1. The second-order valence-corrected chi connectivity index (χ2v) is 9.01. The molecule has 2 heterocycles. The number of aliphatic hydroxyl groups is 1. The number of Topliss-reactive ketones (excluding diaryl/α,β-unsaturated/α-hetero) is 1. The molecule has 0 bridgehead atoms. The number of benzene rings is 3. The Labute approximate surface area is 218 Å². The average Bonchev–Trinajstić information content (AvgIpc) is 3.44. The monoisotopic (exact) mass is 516 g/mol. The molecule has 188 valence electrons. The number of aromatic amines is 1. The highest BCUT2D eigenvalue weighted by Crippen LogP contribution is 2.44. The second kappa shape index (κ2) is 10.0. The van der Waals surface area contributed by atoms with Crippen molar-refractivity contribution in [2.24, 2.45) is 0 Å². The van der Waals surface area contributed by atoms with Crippen molar-refractivity contribution in [1.29, 1.82) is 0 Å². The zero-order chi connectivity index (χ0) is 26.1. The van der Waals surface area contributed by atoms with Crippen molar-refractivity contribution in [3.63, 3.8) is 0 Å². The Morgan fingerprint density at radius 1 is 1.08 bits per heavy atom. The number of halogens is 1. The van der Waals surface area contributed by atoms with E-state index in [-0.39, 0.29) is 28.5 Å². The number of amides is 1. The van der Waals surface area contributed by atoms with E-state index in [9.17, 15) is 14.7 Å². The van der Waals surface area contributed by atoms with Crippen molar-refractivity contribution < 1.29 is 24.2 Å². The fraction of sp³-hybridized carbons (Fsp3) is 0.172. The van der Waals surface area contributed by atoms with Gasteiger partial charge in [0.2, 0.25) is 0 Å². The smallest absolute Gasteiger partial charge is 0.295 e. The number of H-pyrrole nitrogens is 1. The number of nitrogens with zero attached hydrogens (tertiary/aromatic N) is 1. The zero-order valence-corrected chi connectivity index (χ0v) is 21.1. The minimum absolute atomic E-state index is 0.0415. The van der Waals surface area contributed by atoms with Crippen LogP contribution in [0.2, 0.25) is 5.02 Å². The van der Waals surface area contributed by atoms with Gasteiger partial charge in [-0.2, -0.15) is 0 Å². The topological polar surface area (TPSA) is 91.9 Å². The Hall–Kier alpha value is -4.23. The van der Waals surface area contributed by atoms with Gasteiger partial charge in [-0.15, -0.1) is 0 Å². The molecule has 4 aromatic rings. The van der Waals surface area contributed by atoms with E-state index in [1.165, 1.54) is 4.90 Å². The number of carbonyl (C=O) groups is 2. The summed E-state index contributed by atoms with van der Waals surface area (Å²) < 4.78 is 11.1. The van der Waals surface area contributed by atoms with Gasteiger partial charge in [0.15, 0.2) is 0 Å². The number of carbonyl (C=O) groups excluding carboxylic acids is 2. The number of rotatable bonds is 7. The Balaban J connectivity index is 1.72. The molecule has 0 spiro atoms. The maximum atomic E-state index is 13.5. The molecule has 5 rings (SSSR count). The van der Waals surface area contributed by atoms with Gasteiger partial charge in [-0.05, 0) is 37.3 Å². The molecular formula is C29H25ClN2O5. The minimum atomic E-state index is -0.868. The first-order valence-electron chi connectivity index (χ1n) is 11.8. The number of hydrogen-bond acceptors (Lipinski definition) is 5. The number of fused-ring (bicyclic) bond motifs is 1. The number of ether oxygens (including phenoxy) is 2. The molecule has 1 aromatic heterocycles. The summed E-state index contributed by atoms with van der Waals surface area (Å²) in [6.07, 6.45) is 1.77. The highest BCUT2D eigenvalue weighted by molar-refractivity contribution is 6.47. The first kappa shape index (κ1) is 24.5. The Kier molecular flexibility index (Phi) is 6.63. The van der Waals surface area contributed by atoms with Gasteiger partial charge in [0.25, 0.3) is 11.7 Å². The lowest BCUT2D eigenvalue weighted by atomic mass is 9.94. The van der Waals surface area contributed by atoms with Gasteiger partial charge in [-0.3, -0.25) is 9.59 Å². The Morgan fingerprint density at radius 2 is 1.84 bits per heavy atom. The fourth-order valence-corrected chi connectivity index (χ4v) is 5.00. The number of para-hydroxylation sites is 2. The van der Waals surface area contributed by atoms with Gasteiger partial charge < -0.3 is 24.5 Å². The van der Waals surface area contributed by atoms with E-state index >= 15 is 0 Å². The largest absolute Gasteiger partial charge is 0.507 e. The predicted octanol–water partition coefficient (Wildman–Crippen LogP) is 5.85. The van der Waals surface area contributed by atoms with Gasteiger partial charge in [0, 0.05) is 33.8 Å². The fourth-order valence-electron chi connectivity index (χ4n) is 4.79. The molecule has 1 unspecified atom stereocenters. The van der Waals surface area contributed by atoms with Crippen LogP contribution >= 0.6 is 11.6 Å². The second-order valence-electron chi connectivity index (χ2n) is 8.60. The van der Waals surface area contributed by atoms with Gasteiger partial charge in [-0.25, -0.2) is 0 Å². The van der Waals surface area contributed by atoms with Crippen molar-refractivity contribution in [3.05, 3.63) is 100 Å². The number of aliphatic hydroxyl groups excluding tert-OH is 1. The SMILES string of the molecule is CCOc1ccc(Cl)c(/C(O)=C2\C(=O)C(=O)N(Cc3ccccc3OC)C2c2c[nH]c3ccccc23)c1. The van der Waals surface area contributed by atoms with Crippen LogP contribution in [0.25, 0.3) is 16.7 Å². The van der Waals surface area contributed by atoms with Crippen LogP contribution in [-0.4, -0.2) is 40.4 Å². The van der Waals surface area contributed by atoms with Crippen LogP contribution in [0.15, 0.2) is 78.5 Å². The molecule has 1 fully saturated rings. The van der Waals surface area contributed by atoms with Crippen molar-refractivity contribution in [1.82, 2.24) is 9.88 Å². The Morgan fingerprint density at radius 3 is 2.62 bits per heavy atom. The molecule has 7 nitrogen and oxygen atoms in total. The van der Waals surface area contributed by atoms with Gasteiger partial charge in [0.1, 0.15) is 17.3 Å². The maximum absolute atomic E-state index is 13.5. The van der Waals surface area contributed by atoms with E-state index in [1.807, 2.05) is 49.4 Å². The maximum Gasteiger partial charge on any atom is 0.295 e. The molecule has 1 saturated heterocycles. The predicted molar refractivity (Wildman–Crippen MR) is 142 cm³/mol. The molecule has 0 aliphatic carbocycles. The van der Waals surface area contributed by atoms with Crippen molar-refractivity contribution >= 4 is 40.0 Å². The molecular weight excluding hydrogens is 492 g/mol. The van der Waals surface area contributed by atoms with Crippen LogP contribution in [0, 0.1) is 0 Å². The summed E-state index contributed by atoms with van der Waals surface area (Å²) in [6, 6.07) is 18.9. The summed E-state index contributed by atoms with van der Waals surface area (Å²) in [5.74, 6) is -0.794. The zero-order valence-electron chi connectivity index (χ0n) is 20.3. The van der Waals surface area contributed by atoms with E-state index in [4.69, 9.17) is 21.1 Å². The number of methoxy groups -OCH3 is 1. The van der Waals surface area contributed by atoms with Crippen molar-refractivity contribution in [3.8, 4) is 11.5 Å². The molecule has 1 amide bonds. The first-order valence-corrected chi connectivity index (χ1v) is 12.2. The summed E-state index contributed by atoms with van der Waals surface area (Å²) in [4.78, 5) is 31.7. The molecule has 0 radical (unpaired) electrons. The van der Waals surface area contributed by atoms with E-state index in [2.05, 4.69) is 4.98 Å². The van der Waals surface area contributed by atoms with Crippen molar-refractivity contribution in [2.75, 3.05) is 13.7 Å². The van der Waals surface area contributed by atoms with Crippen LogP contribution in [0.1, 0.15) is 29.7 Å². The normalized spacial score (nSPS) is 16.9. The standard InChI is InChI=1S/C29H25ClN2O5/c1-3-37-18-12-13-22(30)20(14-18)27(33)25-26(21-15-31-23-10-6-5-9-19(21)23)32(29(35)28(25)34)16-17-8-4-7-11-24(17)36-2/h4-15,26,31,33H,3,16H2,1-2H3/b27-25+. The highest BCUT2D eigenvalue weighted by atomic mass is 35.5. The number of nitrogens with one attached hydrogen (secondary N) is 1. The van der Waals surface area contributed by atoms with Crippen LogP contribution in [-0.2, 0) is 16.1 Å². The third kappa shape index (κ3) is 4.32. The summed E-state index contributed by atoms with van der Waals surface area (Å²) >= 11 is 6.44. The molecule has 3 aromatic carbocycles. The van der Waals surface area contributed by atoms with Crippen LogP contribution < -0.4 is 9.47 Å². The molecule has 1 aliphatic rings. The lowest BCUT2D eigenvalue weighted by molar-refractivity contribution is -0.140. The van der Waals surface area contributed by atoms with Crippen LogP contribution in [0.4, 0.5) is 0 Å². The lowest BCUT2D eigenvalue weighted by Gasteiger charge is -2.25. The van der Waals surface area contributed by atoms with Gasteiger partial charge >= 0.3 is 0 Å². The Bertz CT molecular complexity index is 1540. The van der Waals surface area contributed by atoms with E-state index in [0.717, 1.165) is 16.5 Å². The number of likely N-dealkylation sites (tertiary alicyclic amines) is 1. The third-order valence-electron chi connectivity index (χ3n) is 6.49. The van der Waals surface area contributed by atoms with E-state index < -0.39 is 17.7 Å². The molecule has 1 aliphatic heterocycles. The van der Waals surface area contributed by atoms with Crippen LogP contribution in [0.3, 0.4) is 0 Å². The van der Waals surface area contributed by atoms with Crippen LogP contribution in [0.5, 0.6) is 11.5 Å². The van der Waals surface area contributed by atoms with Gasteiger partial charge in [0.05, 0.1) is 36.9 Å². The molecule has 37 heavy (non-hydrogen) atoms. The quantitative estimate of drug-likeness (QED) is 0.183. The number of aromatic nitrogens is 1. The molecule has 1 atom stereocenters. The first-order chi connectivity index (χ1) is 17.9. The molecule has 0 saturated carbocycles. The lowest BCUT2D eigenvalue weighted by Crippen LogP contribution is -2.29. The summed E-state index contributed by atoms with van der Waals surface area (Å²) in [5.41, 5.74) is 2.43. The molecule has 8 heteroatoms. The minimum Gasteiger partial charge on any atom is -0.507 e.